The number of furan rings is 1. The molecular formula is C14H10BrNO. The molecule has 2 N–H and O–H groups in total. The lowest BCUT2D eigenvalue weighted by molar-refractivity contribution is 0.631. The van der Waals surface area contributed by atoms with Crippen molar-refractivity contribution in [1.82, 2.24) is 0 Å². The average Bonchev–Trinajstić information content (AvgIpc) is 2.75. The van der Waals surface area contributed by atoms with Crippen LogP contribution in [0.3, 0.4) is 0 Å². The second-order valence-corrected chi connectivity index (χ2v) is 4.79. The summed E-state index contributed by atoms with van der Waals surface area (Å²) < 4.78 is 6.83. The van der Waals surface area contributed by atoms with Crippen LogP contribution in [0.5, 0.6) is 0 Å². The molecule has 1 aromatic heterocycles. The quantitative estimate of drug-likeness (QED) is 0.672. The van der Waals surface area contributed by atoms with Crippen molar-refractivity contribution >= 4 is 32.6 Å². The van der Waals surface area contributed by atoms with Crippen LogP contribution in [-0.4, -0.2) is 0 Å². The van der Waals surface area contributed by atoms with E-state index in [0.29, 0.717) is 0 Å². The van der Waals surface area contributed by atoms with E-state index < -0.39 is 0 Å². The molecule has 0 aliphatic carbocycles. The number of benzene rings is 2. The van der Waals surface area contributed by atoms with Crippen LogP contribution < -0.4 is 5.73 Å². The molecule has 2 nitrogen and oxygen atoms in total. The van der Waals surface area contributed by atoms with Gasteiger partial charge in [-0.2, -0.15) is 0 Å². The van der Waals surface area contributed by atoms with Crippen LogP contribution in [0.15, 0.2) is 57.4 Å². The zero-order valence-electron chi connectivity index (χ0n) is 8.98. The first-order valence-electron chi connectivity index (χ1n) is 5.28. The van der Waals surface area contributed by atoms with E-state index in [2.05, 4.69) is 15.9 Å². The molecule has 0 aliphatic rings. The Morgan fingerprint density at radius 1 is 1.00 bits per heavy atom. The van der Waals surface area contributed by atoms with E-state index in [-0.39, 0.29) is 0 Å². The summed E-state index contributed by atoms with van der Waals surface area (Å²) in [4.78, 5) is 0. The maximum Gasteiger partial charge on any atom is 0.136 e. The van der Waals surface area contributed by atoms with Crippen molar-refractivity contribution in [1.29, 1.82) is 0 Å². The normalized spacial score (nSPS) is 10.9. The van der Waals surface area contributed by atoms with Gasteiger partial charge in [-0.05, 0) is 30.3 Å². The van der Waals surface area contributed by atoms with Crippen LogP contribution >= 0.6 is 15.9 Å². The molecule has 0 aliphatic heterocycles. The first-order chi connectivity index (χ1) is 8.24. The number of halogens is 1. The summed E-state index contributed by atoms with van der Waals surface area (Å²) in [5.74, 6) is 0.838. The molecule has 3 aromatic rings. The largest absolute Gasteiger partial charge is 0.456 e. The lowest BCUT2D eigenvalue weighted by Gasteiger charge is -1.95. The van der Waals surface area contributed by atoms with Crippen LogP contribution in [0.25, 0.3) is 22.3 Å². The maximum absolute atomic E-state index is 5.90. The lowest BCUT2D eigenvalue weighted by Crippen LogP contribution is -1.82. The molecule has 0 fully saturated rings. The van der Waals surface area contributed by atoms with E-state index >= 15 is 0 Å². The van der Waals surface area contributed by atoms with Crippen LogP contribution in [0.2, 0.25) is 0 Å². The number of fused-ring (bicyclic) bond motifs is 1. The molecule has 0 radical (unpaired) electrons. The van der Waals surface area contributed by atoms with Gasteiger partial charge in [0.15, 0.2) is 0 Å². The average molecular weight is 288 g/mol. The number of hydrogen-bond acceptors (Lipinski definition) is 2. The Morgan fingerprint density at radius 3 is 2.47 bits per heavy atom. The molecule has 0 saturated heterocycles. The third-order valence-electron chi connectivity index (χ3n) is 2.72. The summed E-state index contributed by atoms with van der Waals surface area (Å²) in [5, 5.41) is 0.963. The van der Waals surface area contributed by atoms with E-state index in [1.54, 1.807) is 0 Å². The number of nitrogens with two attached hydrogens (primary N) is 1. The summed E-state index contributed by atoms with van der Waals surface area (Å²) in [6.45, 7) is 0. The Morgan fingerprint density at radius 2 is 1.76 bits per heavy atom. The Labute approximate surface area is 107 Å². The van der Waals surface area contributed by atoms with Gasteiger partial charge in [-0.25, -0.2) is 0 Å². The number of rotatable bonds is 1. The minimum atomic E-state index is 0.745. The number of hydrogen-bond donors (Lipinski definition) is 1. The Balaban J connectivity index is 2.18. The molecule has 84 valence electrons. The predicted molar refractivity (Wildman–Crippen MR) is 73.8 cm³/mol. The van der Waals surface area contributed by atoms with Gasteiger partial charge < -0.3 is 10.2 Å². The van der Waals surface area contributed by atoms with Gasteiger partial charge in [0.2, 0.25) is 0 Å². The highest BCUT2D eigenvalue weighted by atomic mass is 79.9. The Kier molecular flexibility index (Phi) is 2.41. The fraction of sp³-hybridized carbons (Fsp3) is 0. The van der Waals surface area contributed by atoms with Crippen molar-refractivity contribution in [3.05, 3.63) is 53.0 Å². The van der Waals surface area contributed by atoms with E-state index in [1.165, 1.54) is 0 Å². The Bertz CT molecular complexity index is 670. The van der Waals surface area contributed by atoms with Crippen molar-refractivity contribution < 1.29 is 4.42 Å². The smallest absolute Gasteiger partial charge is 0.136 e. The van der Waals surface area contributed by atoms with Crippen molar-refractivity contribution in [2.45, 2.75) is 0 Å². The molecule has 0 spiro atoms. The third-order valence-corrected chi connectivity index (χ3v) is 3.25. The highest BCUT2D eigenvalue weighted by molar-refractivity contribution is 9.10. The molecule has 0 unspecified atom stereocenters. The van der Waals surface area contributed by atoms with E-state index in [0.717, 1.165) is 32.5 Å². The van der Waals surface area contributed by atoms with Gasteiger partial charge in [-0.15, -0.1) is 0 Å². The van der Waals surface area contributed by atoms with Crippen molar-refractivity contribution in [2.24, 2.45) is 0 Å². The molecule has 1 heterocycles. The summed E-state index contributed by atoms with van der Waals surface area (Å²) in [7, 11) is 0. The predicted octanol–water partition coefficient (Wildman–Crippen LogP) is 4.44. The zero-order chi connectivity index (χ0) is 11.8. The summed E-state index contributed by atoms with van der Waals surface area (Å²) in [6.07, 6.45) is 0. The molecular weight excluding hydrogens is 278 g/mol. The molecule has 17 heavy (non-hydrogen) atoms. The standard InChI is InChI=1S/C14H10BrNO/c15-10-6-4-9(5-7-10)14-8-11-12(16)2-1-3-13(11)17-14/h1-8H,16H2. The molecule has 3 heteroatoms. The summed E-state index contributed by atoms with van der Waals surface area (Å²) in [6, 6.07) is 15.7. The van der Waals surface area contributed by atoms with Crippen LogP contribution in [0, 0.1) is 0 Å². The van der Waals surface area contributed by atoms with Crippen LogP contribution in [0.1, 0.15) is 0 Å². The monoisotopic (exact) mass is 287 g/mol. The van der Waals surface area contributed by atoms with E-state index in [9.17, 15) is 0 Å². The fourth-order valence-electron chi connectivity index (χ4n) is 1.84. The van der Waals surface area contributed by atoms with Gasteiger partial charge in [0.1, 0.15) is 11.3 Å². The van der Waals surface area contributed by atoms with Gasteiger partial charge >= 0.3 is 0 Å². The maximum atomic E-state index is 5.90. The van der Waals surface area contributed by atoms with E-state index in [1.807, 2.05) is 48.5 Å². The summed E-state index contributed by atoms with van der Waals surface area (Å²) in [5.41, 5.74) is 8.52. The minimum absolute atomic E-state index is 0.745. The summed E-state index contributed by atoms with van der Waals surface area (Å²) >= 11 is 3.41. The Hall–Kier alpha value is -1.74. The van der Waals surface area contributed by atoms with Gasteiger partial charge in [-0.1, -0.05) is 34.1 Å². The fourth-order valence-corrected chi connectivity index (χ4v) is 2.10. The van der Waals surface area contributed by atoms with Gasteiger partial charge in [-0.3, -0.25) is 0 Å². The van der Waals surface area contributed by atoms with Crippen molar-refractivity contribution in [3.63, 3.8) is 0 Å². The molecule has 2 aromatic carbocycles. The van der Waals surface area contributed by atoms with Gasteiger partial charge in [0.05, 0.1) is 0 Å². The van der Waals surface area contributed by atoms with Crippen LogP contribution in [0.4, 0.5) is 5.69 Å². The van der Waals surface area contributed by atoms with Gasteiger partial charge in [0, 0.05) is 21.1 Å². The van der Waals surface area contributed by atoms with Crippen molar-refractivity contribution in [3.8, 4) is 11.3 Å². The minimum Gasteiger partial charge on any atom is -0.456 e. The van der Waals surface area contributed by atoms with Gasteiger partial charge in [0.25, 0.3) is 0 Å². The first-order valence-corrected chi connectivity index (χ1v) is 6.07. The molecule has 3 rings (SSSR count). The SMILES string of the molecule is Nc1cccc2oc(-c3ccc(Br)cc3)cc12. The third kappa shape index (κ3) is 1.83. The van der Waals surface area contributed by atoms with E-state index in [4.69, 9.17) is 10.2 Å². The second kappa shape index (κ2) is 3.93. The molecule has 0 atom stereocenters. The number of nitrogen functional groups attached to an aromatic ring is 1. The molecule has 0 amide bonds. The first kappa shape index (κ1) is 10.4. The zero-order valence-corrected chi connectivity index (χ0v) is 10.6. The highest BCUT2D eigenvalue weighted by Crippen LogP contribution is 2.31. The highest BCUT2D eigenvalue weighted by Gasteiger charge is 2.07. The lowest BCUT2D eigenvalue weighted by atomic mass is 10.1. The van der Waals surface area contributed by atoms with Crippen molar-refractivity contribution in [2.75, 3.05) is 5.73 Å². The second-order valence-electron chi connectivity index (χ2n) is 3.88. The topological polar surface area (TPSA) is 39.2 Å². The molecule has 0 saturated carbocycles. The molecule has 0 bridgehead atoms. The van der Waals surface area contributed by atoms with Crippen LogP contribution in [-0.2, 0) is 0 Å². The number of anilines is 1.